The molecule has 0 radical (unpaired) electrons. The van der Waals surface area contributed by atoms with Gasteiger partial charge in [-0.3, -0.25) is 9.78 Å². The Bertz CT molecular complexity index is 1010. The van der Waals surface area contributed by atoms with Crippen LogP contribution in [0.3, 0.4) is 0 Å². The van der Waals surface area contributed by atoms with Gasteiger partial charge in [-0.2, -0.15) is 0 Å². The van der Waals surface area contributed by atoms with Crippen molar-refractivity contribution in [3.05, 3.63) is 82.6 Å². The molecule has 2 aromatic carbocycles. The van der Waals surface area contributed by atoms with E-state index in [1.165, 1.54) is 0 Å². The lowest BCUT2D eigenvalue weighted by Gasteiger charge is -2.20. The van der Waals surface area contributed by atoms with Gasteiger partial charge >= 0.3 is 0 Å². The van der Waals surface area contributed by atoms with Crippen LogP contribution >= 0.6 is 11.6 Å². The molecule has 0 bridgehead atoms. The van der Waals surface area contributed by atoms with Crippen molar-refractivity contribution in [1.29, 1.82) is 0 Å². The fraction of sp³-hybridized carbons (Fsp3) is 0.217. The molecule has 2 heterocycles. The highest BCUT2D eigenvalue weighted by Gasteiger charge is 2.17. The first-order chi connectivity index (χ1) is 14.7. The van der Waals surface area contributed by atoms with Gasteiger partial charge in [-0.25, -0.2) is 0 Å². The molecule has 1 aromatic heterocycles. The second-order valence-corrected chi connectivity index (χ2v) is 7.22. The summed E-state index contributed by atoms with van der Waals surface area (Å²) in [4.78, 5) is 16.6. The smallest absolute Gasteiger partial charge is 0.224 e. The summed E-state index contributed by atoms with van der Waals surface area (Å²) in [5.41, 5.74) is 2.63. The fourth-order valence-corrected chi connectivity index (χ4v) is 3.35. The number of fused-ring (bicyclic) bond motifs is 1. The van der Waals surface area contributed by atoms with Crippen LogP contribution in [0.2, 0.25) is 5.02 Å². The van der Waals surface area contributed by atoms with Crippen LogP contribution in [0.15, 0.2) is 60.8 Å². The van der Waals surface area contributed by atoms with E-state index in [2.05, 4.69) is 10.3 Å². The standard InChI is InChI=1S/C23H21ClN2O4/c24-20-11-17(12-21-23(20)29-10-9-28-21)13-22(27)26-14-16-4-6-19(7-5-16)30-15-18-3-1-2-8-25-18/h1-8,11-12H,9-10,13-15H2,(H,26,27). The van der Waals surface area contributed by atoms with Gasteiger partial charge in [0.2, 0.25) is 5.91 Å². The number of ether oxygens (including phenoxy) is 3. The second-order valence-electron chi connectivity index (χ2n) is 6.81. The zero-order chi connectivity index (χ0) is 20.8. The normalized spacial score (nSPS) is 12.3. The van der Waals surface area contributed by atoms with Crippen LogP contribution in [0.4, 0.5) is 0 Å². The minimum absolute atomic E-state index is 0.0989. The van der Waals surface area contributed by atoms with Gasteiger partial charge < -0.3 is 19.5 Å². The van der Waals surface area contributed by atoms with E-state index >= 15 is 0 Å². The molecule has 0 fully saturated rings. The molecule has 6 nitrogen and oxygen atoms in total. The fourth-order valence-electron chi connectivity index (χ4n) is 3.06. The number of rotatable bonds is 7. The van der Waals surface area contributed by atoms with Gasteiger partial charge in [0.25, 0.3) is 0 Å². The molecule has 4 rings (SSSR count). The van der Waals surface area contributed by atoms with Crippen molar-refractivity contribution in [3.8, 4) is 17.2 Å². The average molecular weight is 425 g/mol. The van der Waals surface area contributed by atoms with Crippen LogP contribution in [-0.4, -0.2) is 24.1 Å². The van der Waals surface area contributed by atoms with E-state index in [-0.39, 0.29) is 12.3 Å². The minimum Gasteiger partial charge on any atom is -0.487 e. The molecule has 0 aliphatic carbocycles. The van der Waals surface area contributed by atoms with E-state index in [4.69, 9.17) is 25.8 Å². The van der Waals surface area contributed by atoms with Crippen LogP contribution in [0, 0.1) is 0 Å². The molecule has 1 aliphatic heterocycles. The molecule has 1 aliphatic rings. The van der Waals surface area contributed by atoms with Crippen LogP contribution in [0.25, 0.3) is 0 Å². The summed E-state index contributed by atoms with van der Waals surface area (Å²) in [6.07, 6.45) is 1.95. The van der Waals surface area contributed by atoms with Crippen LogP contribution in [0.5, 0.6) is 17.2 Å². The van der Waals surface area contributed by atoms with Crippen LogP contribution in [-0.2, 0) is 24.4 Å². The predicted octanol–water partition coefficient (Wildman–Crippen LogP) is 3.94. The number of aromatic nitrogens is 1. The van der Waals surface area contributed by atoms with E-state index in [1.54, 1.807) is 18.3 Å². The number of carbonyl (C=O) groups is 1. The quantitative estimate of drug-likeness (QED) is 0.622. The molecule has 1 amide bonds. The van der Waals surface area contributed by atoms with Gasteiger partial charge in [-0.1, -0.05) is 29.8 Å². The van der Waals surface area contributed by atoms with Gasteiger partial charge in [0, 0.05) is 12.7 Å². The lowest BCUT2D eigenvalue weighted by molar-refractivity contribution is -0.120. The van der Waals surface area contributed by atoms with Gasteiger partial charge in [0.1, 0.15) is 25.6 Å². The Morgan fingerprint density at radius 3 is 2.70 bits per heavy atom. The Labute approximate surface area is 179 Å². The van der Waals surface area contributed by atoms with E-state index in [9.17, 15) is 4.79 Å². The number of nitrogens with zero attached hydrogens (tertiary/aromatic N) is 1. The number of halogens is 1. The molecule has 3 aromatic rings. The molecular weight excluding hydrogens is 404 g/mol. The highest BCUT2D eigenvalue weighted by Crippen LogP contribution is 2.38. The third-order valence-corrected chi connectivity index (χ3v) is 4.83. The number of pyridine rings is 1. The molecule has 0 saturated carbocycles. The topological polar surface area (TPSA) is 69.7 Å². The molecule has 1 N–H and O–H groups in total. The lowest BCUT2D eigenvalue weighted by Crippen LogP contribution is -2.24. The van der Waals surface area contributed by atoms with Crippen molar-refractivity contribution in [2.75, 3.05) is 13.2 Å². The Kier molecular flexibility index (Phi) is 6.35. The first-order valence-corrected chi connectivity index (χ1v) is 10.0. The van der Waals surface area contributed by atoms with Crippen molar-refractivity contribution < 1.29 is 19.0 Å². The number of carbonyl (C=O) groups excluding carboxylic acids is 1. The number of amides is 1. The third kappa shape index (κ3) is 5.21. The molecular formula is C23H21ClN2O4. The van der Waals surface area contributed by atoms with E-state index in [0.29, 0.717) is 42.9 Å². The number of hydrogen-bond donors (Lipinski definition) is 1. The molecule has 0 spiro atoms. The molecule has 0 saturated heterocycles. The maximum absolute atomic E-state index is 12.3. The van der Waals surface area contributed by atoms with E-state index in [0.717, 1.165) is 22.6 Å². The van der Waals surface area contributed by atoms with Crippen molar-refractivity contribution in [2.24, 2.45) is 0 Å². The highest BCUT2D eigenvalue weighted by atomic mass is 35.5. The number of hydrogen-bond acceptors (Lipinski definition) is 5. The molecule has 154 valence electrons. The summed E-state index contributed by atoms with van der Waals surface area (Å²) >= 11 is 6.23. The largest absolute Gasteiger partial charge is 0.487 e. The van der Waals surface area contributed by atoms with Crippen molar-refractivity contribution in [2.45, 2.75) is 19.6 Å². The Morgan fingerprint density at radius 1 is 1.07 bits per heavy atom. The van der Waals surface area contributed by atoms with Gasteiger partial charge in [-0.05, 0) is 47.5 Å². The summed E-state index contributed by atoms with van der Waals surface area (Å²) in [6, 6.07) is 16.9. The average Bonchev–Trinajstić information content (AvgIpc) is 2.78. The summed E-state index contributed by atoms with van der Waals surface area (Å²) < 4.78 is 16.8. The SMILES string of the molecule is O=C(Cc1cc(Cl)c2c(c1)OCCO2)NCc1ccc(OCc2ccccn2)cc1. The van der Waals surface area contributed by atoms with Gasteiger partial charge in [0.15, 0.2) is 11.5 Å². The predicted molar refractivity (Wildman–Crippen MR) is 113 cm³/mol. The van der Waals surface area contributed by atoms with Crippen molar-refractivity contribution >= 4 is 17.5 Å². The molecule has 30 heavy (non-hydrogen) atoms. The molecule has 0 atom stereocenters. The highest BCUT2D eigenvalue weighted by molar-refractivity contribution is 6.32. The number of nitrogens with one attached hydrogen (secondary N) is 1. The summed E-state index contributed by atoms with van der Waals surface area (Å²) in [5.74, 6) is 1.77. The Balaban J connectivity index is 1.27. The van der Waals surface area contributed by atoms with Crippen molar-refractivity contribution in [3.63, 3.8) is 0 Å². The van der Waals surface area contributed by atoms with Gasteiger partial charge in [0.05, 0.1) is 17.1 Å². The monoisotopic (exact) mass is 424 g/mol. The summed E-state index contributed by atoms with van der Waals surface area (Å²) in [6.45, 7) is 1.78. The van der Waals surface area contributed by atoms with E-state index < -0.39 is 0 Å². The van der Waals surface area contributed by atoms with Crippen LogP contribution in [0.1, 0.15) is 16.8 Å². The summed E-state index contributed by atoms with van der Waals surface area (Å²) in [7, 11) is 0. The maximum atomic E-state index is 12.3. The molecule has 0 unspecified atom stereocenters. The van der Waals surface area contributed by atoms with Gasteiger partial charge in [-0.15, -0.1) is 0 Å². The minimum atomic E-state index is -0.0989. The Hall–Kier alpha value is -3.25. The third-order valence-electron chi connectivity index (χ3n) is 4.55. The van der Waals surface area contributed by atoms with Crippen LogP contribution < -0.4 is 19.5 Å². The zero-order valence-electron chi connectivity index (χ0n) is 16.3. The van der Waals surface area contributed by atoms with Crippen molar-refractivity contribution in [1.82, 2.24) is 10.3 Å². The Morgan fingerprint density at radius 2 is 1.90 bits per heavy atom. The zero-order valence-corrected chi connectivity index (χ0v) is 17.0. The number of benzene rings is 2. The maximum Gasteiger partial charge on any atom is 0.224 e. The molecule has 7 heteroatoms. The van der Waals surface area contributed by atoms with E-state index in [1.807, 2.05) is 42.5 Å². The first-order valence-electron chi connectivity index (χ1n) is 9.64. The second kappa shape index (κ2) is 9.50. The lowest BCUT2D eigenvalue weighted by atomic mass is 10.1. The summed E-state index contributed by atoms with van der Waals surface area (Å²) in [5, 5.41) is 3.37. The first kappa shape index (κ1) is 20.0.